The molecule has 1 N–H and O–H groups in total. The molecular weight excluding hydrogens is 330 g/mol. The van der Waals surface area contributed by atoms with Crippen molar-refractivity contribution in [2.75, 3.05) is 12.4 Å². The minimum Gasteiger partial charge on any atom is -0.467 e. The summed E-state index contributed by atoms with van der Waals surface area (Å²) in [7, 11) is 1.45. The summed E-state index contributed by atoms with van der Waals surface area (Å²) in [5, 5.41) is 3.36. The molecule has 0 aliphatic heterocycles. The van der Waals surface area contributed by atoms with Gasteiger partial charge in [0.25, 0.3) is 0 Å². The first-order valence-corrected chi connectivity index (χ1v) is 8.06. The van der Waals surface area contributed by atoms with Crippen LogP contribution in [0.15, 0.2) is 40.4 Å². The summed E-state index contributed by atoms with van der Waals surface area (Å²) in [6, 6.07) is 7.52. The SMILES string of the molecule is COC(=O)C(Nc1ccccc1Br)C1CC(C)=CC(C)C1. The summed E-state index contributed by atoms with van der Waals surface area (Å²) in [6.07, 6.45) is 4.22. The lowest BCUT2D eigenvalue weighted by atomic mass is 9.79. The molecule has 4 heteroatoms. The molecule has 0 saturated carbocycles. The van der Waals surface area contributed by atoms with Gasteiger partial charge in [-0.25, -0.2) is 4.79 Å². The Morgan fingerprint density at radius 3 is 2.76 bits per heavy atom. The summed E-state index contributed by atoms with van der Waals surface area (Å²) >= 11 is 3.52. The van der Waals surface area contributed by atoms with Crippen molar-refractivity contribution in [3.8, 4) is 0 Å². The molecule has 0 radical (unpaired) electrons. The van der Waals surface area contributed by atoms with E-state index in [-0.39, 0.29) is 17.9 Å². The molecule has 0 fully saturated rings. The number of anilines is 1. The van der Waals surface area contributed by atoms with Crippen LogP contribution in [0.5, 0.6) is 0 Å². The minimum atomic E-state index is -0.320. The van der Waals surface area contributed by atoms with Crippen LogP contribution in [0.2, 0.25) is 0 Å². The number of para-hydroxylation sites is 1. The summed E-state index contributed by atoms with van der Waals surface area (Å²) < 4.78 is 5.97. The Kier molecular flexibility index (Phi) is 5.45. The van der Waals surface area contributed by atoms with Crippen LogP contribution in [0.3, 0.4) is 0 Å². The number of esters is 1. The van der Waals surface area contributed by atoms with E-state index in [1.54, 1.807) is 0 Å². The lowest BCUT2D eigenvalue weighted by Gasteiger charge is -2.32. The van der Waals surface area contributed by atoms with Crippen LogP contribution in [-0.2, 0) is 9.53 Å². The Hall–Kier alpha value is -1.29. The zero-order chi connectivity index (χ0) is 15.4. The second-order valence-corrected chi connectivity index (χ2v) is 6.67. The molecule has 0 aromatic heterocycles. The third kappa shape index (κ3) is 4.10. The molecule has 3 unspecified atom stereocenters. The third-order valence-electron chi connectivity index (χ3n) is 3.94. The molecule has 1 aromatic carbocycles. The predicted molar refractivity (Wildman–Crippen MR) is 89.2 cm³/mol. The summed E-state index contributed by atoms with van der Waals surface area (Å²) in [5.41, 5.74) is 2.27. The van der Waals surface area contributed by atoms with Gasteiger partial charge in [-0.3, -0.25) is 0 Å². The average molecular weight is 352 g/mol. The van der Waals surface area contributed by atoms with Crippen LogP contribution in [-0.4, -0.2) is 19.1 Å². The number of benzene rings is 1. The second-order valence-electron chi connectivity index (χ2n) is 5.82. The summed E-state index contributed by atoms with van der Waals surface area (Å²) in [6.45, 7) is 4.33. The number of nitrogens with one attached hydrogen (secondary N) is 1. The van der Waals surface area contributed by atoms with Crippen LogP contribution >= 0.6 is 15.9 Å². The number of rotatable bonds is 4. The smallest absolute Gasteiger partial charge is 0.328 e. The van der Waals surface area contributed by atoms with Gasteiger partial charge in [0, 0.05) is 10.2 Å². The third-order valence-corrected chi connectivity index (χ3v) is 4.63. The molecule has 0 saturated heterocycles. The van der Waals surface area contributed by atoms with Gasteiger partial charge in [0.1, 0.15) is 6.04 Å². The number of hydrogen-bond acceptors (Lipinski definition) is 3. The van der Waals surface area contributed by atoms with Crippen LogP contribution in [0, 0.1) is 11.8 Å². The van der Waals surface area contributed by atoms with Crippen molar-refractivity contribution in [3.63, 3.8) is 0 Å². The molecule has 3 nitrogen and oxygen atoms in total. The van der Waals surface area contributed by atoms with Crippen LogP contribution < -0.4 is 5.32 Å². The summed E-state index contributed by atoms with van der Waals surface area (Å²) in [4.78, 5) is 12.2. The first-order valence-electron chi connectivity index (χ1n) is 7.27. The van der Waals surface area contributed by atoms with Gasteiger partial charge in [0.05, 0.1) is 7.11 Å². The van der Waals surface area contributed by atoms with Crippen molar-refractivity contribution in [2.24, 2.45) is 11.8 Å². The maximum atomic E-state index is 12.2. The number of carbonyl (C=O) groups is 1. The van der Waals surface area contributed by atoms with Gasteiger partial charge in [0.2, 0.25) is 0 Å². The van der Waals surface area contributed by atoms with Gasteiger partial charge in [-0.2, -0.15) is 0 Å². The largest absolute Gasteiger partial charge is 0.467 e. The van der Waals surface area contributed by atoms with Crippen LogP contribution in [0.4, 0.5) is 5.69 Å². The highest BCUT2D eigenvalue weighted by Crippen LogP contribution is 2.33. The van der Waals surface area contributed by atoms with Gasteiger partial charge in [0.15, 0.2) is 0 Å². The molecule has 21 heavy (non-hydrogen) atoms. The number of allylic oxidation sites excluding steroid dienone is 2. The van der Waals surface area contributed by atoms with E-state index in [0.29, 0.717) is 5.92 Å². The molecule has 0 amide bonds. The van der Waals surface area contributed by atoms with Crippen molar-refractivity contribution in [1.29, 1.82) is 0 Å². The lowest BCUT2D eigenvalue weighted by Crippen LogP contribution is -2.39. The quantitative estimate of drug-likeness (QED) is 0.645. The Balaban J connectivity index is 2.21. The Bertz CT molecular complexity index is 541. The van der Waals surface area contributed by atoms with E-state index in [9.17, 15) is 4.79 Å². The van der Waals surface area contributed by atoms with Crippen molar-refractivity contribution in [2.45, 2.75) is 32.7 Å². The second kappa shape index (κ2) is 7.12. The number of methoxy groups -OCH3 is 1. The monoisotopic (exact) mass is 351 g/mol. The Labute approximate surface area is 134 Å². The van der Waals surface area contributed by atoms with Gasteiger partial charge >= 0.3 is 5.97 Å². The topological polar surface area (TPSA) is 38.3 Å². The van der Waals surface area contributed by atoms with E-state index in [4.69, 9.17) is 4.74 Å². The van der Waals surface area contributed by atoms with Crippen molar-refractivity contribution in [3.05, 3.63) is 40.4 Å². The number of carbonyl (C=O) groups excluding carboxylic acids is 1. The van der Waals surface area contributed by atoms with Crippen molar-refractivity contribution < 1.29 is 9.53 Å². The van der Waals surface area contributed by atoms with Gasteiger partial charge in [-0.15, -0.1) is 0 Å². The van der Waals surface area contributed by atoms with E-state index >= 15 is 0 Å². The molecule has 1 aromatic rings. The van der Waals surface area contributed by atoms with Gasteiger partial charge in [-0.05, 0) is 59.7 Å². The van der Waals surface area contributed by atoms with Crippen molar-refractivity contribution in [1.82, 2.24) is 0 Å². The van der Waals surface area contributed by atoms with Gasteiger partial charge < -0.3 is 10.1 Å². The number of halogens is 1. The normalized spacial score (nSPS) is 23.1. The van der Waals surface area contributed by atoms with E-state index in [1.165, 1.54) is 12.7 Å². The molecule has 3 atom stereocenters. The van der Waals surface area contributed by atoms with Crippen LogP contribution in [0.25, 0.3) is 0 Å². The van der Waals surface area contributed by atoms with E-state index in [0.717, 1.165) is 23.0 Å². The summed E-state index contributed by atoms with van der Waals surface area (Å²) in [5.74, 6) is 0.555. The highest BCUT2D eigenvalue weighted by Gasteiger charge is 2.32. The van der Waals surface area contributed by atoms with E-state index < -0.39 is 0 Å². The average Bonchev–Trinajstić information content (AvgIpc) is 2.44. The maximum absolute atomic E-state index is 12.2. The van der Waals surface area contributed by atoms with Crippen molar-refractivity contribution >= 4 is 27.6 Å². The minimum absolute atomic E-state index is 0.197. The molecular formula is C17H22BrNO2. The standard InChI is InChI=1S/C17H22BrNO2/c1-11-8-12(2)10-13(9-11)16(17(20)21-3)19-15-7-5-4-6-14(15)18/h4-8,11,13,16,19H,9-10H2,1-3H3. The fourth-order valence-electron chi connectivity index (χ4n) is 3.09. The fourth-order valence-corrected chi connectivity index (χ4v) is 3.49. The fraction of sp³-hybridized carbons (Fsp3) is 0.471. The van der Waals surface area contributed by atoms with E-state index in [2.05, 4.69) is 41.2 Å². The maximum Gasteiger partial charge on any atom is 0.328 e. The molecule has 1 aliphatic carbocycles. The highest BCUT2D eigenvalue weighted by atomic mass is 79.9. The Morgan fingerprint density at radius 1 is 1.43 bits per heavy atom. The zero-order valence-electron chi connectivity index (χ0n) is 12.7. The molecule has 0 heterocycles. The highest BCUT2D eigenvalue weighted by molar-refractivity contribution is 9.10. The molecule has 0 spiro atoms. The molecule has 0 bridgehead atoms. The molecule has 1 aliphatic rings. The first-order chi connectivity index (χ1) is 10.0. The lowest BCUT2D eigenvalue weighted by molar-refractivity contribution is -0.143. The molecule has 114 valence electrons. The zero-order valence-corrected chi connectivity index (χ0v) is 14.3. The first kappa shape index (κ1) is 16.1. The van der Waals surface area contributed by atoms with Gasteiger partial charge in [-0.1, -0.05) is 30.7 Å². The number of ether oxygens (including phenoxy) is 1. The van der Waals surface area contributed by atoms with E-state index in [1.807, 2.05) is 24.3 Å². The number of hydrogen-bond donors (Lipinski definition) is 1. The predicted octanol–water partition coefficient (Wildman–Crippen LogP) is 4.40. The van der Waals surface area contributed by atoms with Crippen LogP contribution in [0.1, 0.15) is 26.7 Å². The Morgan fingerprint density at radius 2 is 2.14 bits per heavy atom. The molecule has 2 rings (SSSR count).